The van der Waals surface area contributed by atoms with E-state index in [1.54, 1.807) is 12.1 Å². The lowest BCUT2D eigenvalue weighted by atomic mass is 9.99. The lowest BCUT2D eigenvalue weighted by molar-refractivity contribution is -0.384. The van der Waals surface area contributed by atoms with Crippen LogP contribution >= 0.6 is 0 Å². The van der Waals surface area contributed by atoms with Gasteiger partial charge in [-0.1, -0.05) is 30.3 Å². The number of carbonyl (C=O) groups is 2. The van der Waals surface area contributed by atoms with Crippen LogP contribution in [0.2, 0.25) is 0 Å². The number of hydrogen-bond acceptors (Lipinski definition) is 5. The van der Waals surface area contributed by atoms with Gasteiger partial charge in [-0.05, 0) is 35.9 Å². The molecule has 30 heavy (non-hydrogen) atoms. The van der Waals surface area contributed by atoms with Gasteiger partial charge >= 0.3 is 5.97 Å². The summed E-state index contributed by atoms with van der Waals surface area (Å²) in [6.07, 6.45) is 0. The summed E-state index contributed by atoms with van der Waals surface area (Å²) >= 11 is 0. The first kappa shape index (κ1) is 18.9. The highest BCUT2D eigenvalue weighted by atomic mass is 16.6. The number of nitrogens with one attached hydrogen (secondary N) is 2. The first-order valence-corrected chi connectivity index (χ1v) is 8.94. The molecule has 0 saturated heterocycles. The van der Waals surface area contributed by atoms with Gasteiger partial charge in [-0.25, -0.2) is 4.79 Å². The molecule has 0 atom stereocenters. The normalized spacial score (nSPS) is 13.9. The molecular weight excluding hydrogens is 386 g/mol. The molecule has 1 aliphatic rings. The van der Waals surface area contributed by atoms with E-state index in [4.69, 9.17) is 5.11 Å². The van der Waals surface area contributed by atoms with E-state index >= 15 is 0 Å². The Morgan fingerprint density at radius 3 is 2.30 bits per heavy atom. The van der Waals surface area contributed by atoms with Gasteiger partial charge in [-0.3, -0.25) is 14.9 Å². The Bertz CT molecular complexity index is 1200. The van der Waals surface area contributed by atoms with Crippen molar-refractivity contribution in [1.82, 2.24) is 0 Å². The summed E-state index contributed by atoms with van der Waals surface area (Å²) in [4.78, 5) is 34.6. The third-order valence-corrected chi connectivity index (χ3v) is 4.67. The maximum atomic E-state index is 12.8. The van der Waals surface area contributed by atoms with Crippen molar-refractivity contribution in [3.05, 3.63) is 99.6 Å². The van der Waals surface area contributed by atoms with Gasteiger partial charge in [0.1, 0.15) is 0 Å². The second-order valence-electron chi connectivity index (χ2n) is 6.56. The van der Waals surface area contributed by atoms with E-state index in [-0.39, 0.29) is 22.7 Å². The molecule has 0 spiro atoms. The topological polar surface area (TPSA) is 122 Å². The van der Waals surface area contributed by atoms with Crippen molar-refractivity contribution in [2.75, 3.05) is 10.6 Å². The largest absolute Gasteiger partial charge is 0.478 e. The molecule has 3 aromatic carbocycles. The maximum absolute atomic E-state index is 12.8. The number of amides is 1. The molecule has 1 heterocycles. The SMILES string of the molecule is O=C1Nc2ccc([N+](=O)[O-])cc2C1=C(Nc1ccc(C(=O)O)cc1)c1ccccc1. The highest BCUT2D eigenvalue weighted by Gasteiger charge is 2.30. The Morgan fingerprint density at radius 1 is 0.967 bits per heavy atom. The van der Waals surface area contributed by atoms with E-state index in [1.165, 1.54) is 30.3 Å². The van der Waals surface area contributed by atoms with Crippen LogP contribution in [0.3, 0.4) is 0 Å². The van der Waals surface area contributed by atoms with Crippen LogP contribution in [0.4, 0.5) is 17.1 Å². The molecule has 0 aromatic heterocycles. The molecule has 1 amide bonds. The molecule has 0 aliphatic carbocycles. The van der Waals surface area contributed by atoms with Gasteiger partial charge in [0, 0.05) is 29.1 Å². The van der Waals surface area contributed by atoms with E-state index in [9.17, 15) is 19.7 Å². The zero-order chi connectivity index (χ0) is 21.3. The minimum atomic E-state index is -1.04. The molecule has 1 aliphatic heterocycles. The van der Waals surface area contributed by atoms with Gasteiger partial charge in [-0.15, -0.1) is 0 Å². The number of fused-ring (bicyclic) bond motifs is 1. The van der Waals surface area contributed by atoms with Crippen LogP contribution in [-0.4, -0.2) is 21.9 Å². The van der Waals surface area contributed by atoms with Crippen LogP contribution in [0.1, 0.15) is 21.5 Å². The summed E-state index contributed by atoms with van der Waals surface area (Å²) in [5.74, 6) is -1.43. The number of nitro groups is 1. The molecular formula is C22H15N3O5. The summed E-state index contributed by atoms with van der Waals surface area (Å²) in [5.41, 5.74) is 2.90. The van der Waals surface area contributed by atoms with Crippen LogP contribution in [0, 0.1) is 10.1 Å². The number of nitrogens with zero attached hydrogens (tertiary/aromatic N) is 1. The van der Waals surface area contributed by atoms with Crippen LogP contribution < -0.4 is 10.6 Å². The maximum Gasteiger partial charge on any atom is 0.335 e. The lowest BCUT2D eigenvalue weighted by Gasteiger charge is -2.15. The molecule has 0 saturated carbocycles. The van der Waals surface area contributed by atoms with Crippen molar-refractivity contribution < 1.29 is 19.6 Å². The minimum absolute atomic E-state index is 0.124. The predicted molar refractivity (Wildman–Crippen MR) is 112 cm³/mol. The van der Waals surface area contributed by atoms with Gasteiger partial charge in [0.2, 0.25) is 0 Å². The number of nitro benzene ring substituents is 1. The van der Waals surface area contributed by atoms with Crippen molar-refractivity contribution in [3.63, 3.8) is 0 Å². The van der Waals surface area contributed by atoms with Crippen molar-refractivity contribution in [2.45, 2.75) is 0 Å². The first-order valence-electron chi connectivity index (χ1n) is 8.94. The summed E-state index contributed by atoms with van der Waals surface area (Å²) in [6, 6.07) is 19.4. The van der Waals surface area contributed by atoms with E-state index in [0.717, 1.165) is 0 Å². The van der Waals surface area contributed by atoms with Gasteiger partial charge in [-0.2, -0.15) is 0 Å². The Labute approximate surface area is 170 Å². The summed E-state index contributed by atoms with van der Waals surface area (Å²) in [6.45, 7) is 0. The van der Waals surface area contributed by atoms with Crippen LogP contribution in [0.5, 0.6) is 0 Å². The molecule has 3 aromatic rings. The second kappa shape index (κ2) is 7.51. The number of carbonyl (C=O) groups excluding carboxylic acids is 1. The average Bonchev–Trinajstić information content (AvgIpc) is 3.07. The number of non-ortho nitro benzene ring substituents is 1. The third kappa shape index (κ3) is 3.49. The number of aromatic carboxylic acids is 1. The zero-order valence-electron chi connectivity index (χ0n) is 15.5. The predicted octanol–water partition coefficient (Wildman–Crippen LogP) is 4.23. The van der Waals surface area contributed by atoms with Crippen molar-refractivity contribution >= 4 is 40.2 Å². The summed E-state index contributed by atoms with van der Waals surface area (Å²) in [5, 5.41) is 26.2. The second-order valence-corrected chi connectivity index (χ2v) is 6.56. The fourth-order valence-corrected chi connectivity index (χ4v) is 3.24. The number of anilines is 2. The molecule has 4 rings (SSSR count). The molecule has 0 bridgehead atoms. The fraction of sp³-hybridized carbons (Fsp3) is 0. The van der Waals surface area contributed by atoms with E-state index in [1.807, 2.05) is 30.3 Å². The minimum Gasteiger partial charge on any atom is -0.478 e. The van der Waals surface area contributed by atoms with Crippen molar-refractivity contribution in [1.29, 1.82) is 0 Å². The third-order valence-electron chi connectivity index (χ3n) is 4.67. The van der Waals surface area contributed by atoms with E-state index in [2.05, 4.69) is 10.6 Å². The molecule has 0 unspecified atom stereocenters. The molecule has 8 heteroatoms. The molecule has 0 radical (unpaired) electrons. The Morgan fingerprint density at radius 2 is 1.67 bits per heavy atom. The smallest absolute Gasteiger partial charge is 0.335 e. The number of hydrogen-bond donors (Lipinski definition) is 3. The van der Waals surface area contributed by atoms with Crippen LogP contribution in [0.25, 0.3) is 11.3 Å². The summed E-state index contributed by atoms with van der Waals surface area (Å²) < 4.78 is 0. The Hall–Kier alpha value is -4.46. The number of carboxylic acid groups (broad SMARTS) is 1. The van der Waals surface area contributed by atoms with E-state index in [0.29, 0.717) is 28.2 Å². The first-order chi connectivity index (χ1) is 14.4. The Kier molecular flexibility index (Phi) is 4.73. The van der Waals surface area contributed by atoms with Gasteiger partial charge < -0.3 is 15.7 Å². The van der Waals surface area contributed by atoms with Gasteiger partial charge in [0.15, 0.2) is 0 Å². The van der Waals surface area contributed by atoms with Gasteiger partial charge in [0.05, 0.1) is 21.8 Å². The molecule has 8 nitrogen and oxygen atoms in total. The zero-order valence-corrected chi connectivity index (χ0v) is 15.5. The van der Waals surface area contributed by atoms with Crippen molar-refractivity contribution in [2.24, 2.45) is 0 Å². The quantitative estimate of drug-likeness (QED) is 0.334. The van der Waals surface area contributed by atoms with Crippen LogP contribution in [0.15, 0.2) is 72.8 Å². The van der Waals surface area contributed by atoms with E-state index < -0.39 is 10.9 Å². The standard InChI is InChI=1S/C22H15N3O5/c26-21-19(17-12-16(25(29)30)10-11-18(17)24-21)20(13-4-2-1-3-5-13)23-15-8-6-14(7-9-15)22(27)28/h1-12,23H,(H,24,26)(H,27,28). The fourth-order valence-electron chi connectivity index (χ4n) is 3.24. The monoisotopic (exact) mass is 401 g/mol. The average molecular weight is 401 g/mol. The lowest BCUT2D eigenvalue weighted by Crippen LogP contribution is -2.10. The van der Waals surface area contributed by atoms with Crippen LogP contribution in [-0.2, 0) is 4.79 Å². The number of benzene rings is 3. The number of carboxylic acids is 1. The van der Waals surface area contributed by atoms with Gasteiger partial charge in [0.25, 0.3) is 11.6 Å². The van der Waals surface area contributed by atoms with Crippen molar-refractivity contribution in [3.8, 4) is 0 Å². The molecule has 0 fully saturated rings. The molecule has 148 valence electrons. The highest BCUT2D eigenvalue weighted by Crippen LogP contribution is 2.39. The Balaban J connectivity index is 1.87. The highest BCUT2D eigenvalue weighted by molar-refractivity contribution is 6.37. The summed E-state index contributed by atoms with van der Waals surface area (Å²) in [7, 11) is 0. The molecule has 3 N–H and O–H groups in total. The number of rotatable bonds is 5.